The van der Waals surface area contributed by atoms with Crippen LogP contribution >= 0.6 is 0 Å². The van der Waals surface area contributed by atoms with Gasteiger partial charge in [-0.25, -0.2) is 0 Å². The molecule has 12 heavy (non-hydrogen) atoms. The topological polar surface area (TPSA) is 29.9 Å². The fourth-order valence-corrected chi connectivity index (χ4v) is 1.85. The fraction of sp³-hybridized carbons (Fsp3) is 0.667. The lowest BCUT2D eigenvalue weighted by molar-refractivity contribution is 0.434. The summed E-state index contributed by atoms with van der Waals surface area (Å²) < 4.78 is 1.86. The van der Waals surface area contributed by atoms with Crippen LogP contribution in [-0.4, -0.2) is 16.3 Å². The van der Waals surface area contributed by atoms with Crippen LogP contribution in [0.3, 0.4) is 0 Å². The largest absolute Gasteiger partial charge is 0.308 e. The highest BCUT2D eigenvalue weighted by Gasteiger charge is 2.30. The van der Waals surface area contributed by atoms with Gasteiger partial charge < -0.3 is 5.32 Å². The van der Waals surface area contributed by atoms with Crippen molar-refractivity contribution in [3.63, 3.8) is 0 Å². The summed E-state index contributed by atoms with van der Waals surface area (Å²) in [5.74, 6) is 0. The van der Waals surface area contributed by atoms with Crippen LogP contribution < -0.4 is 5.32 Å². The average molecular weight is 165 g/mol. The molecule has 0 radical (unpaired) electrons. The van der Waals surface area contributed by atoms with E-state index in [9.17, 15) is 0 Å². The van der Waals surface area contributed by atoms with E-state index in [4.69, 9.17) is 0 Å². The van der Waals surface area contributed by atoms with Crippen molar-refractivity contribution in [1.29, 1.82) is 0 Å². The number of hydrogen-bond donors (Lipinski definition) is 1. The van der Waals surface area contributed by atoms with E-state index in [1.165, 1.54) is 18.4 Å². The van der Waals surface area contributed by atoms with Crippen LogP contribution in [0, 0.1) is 0 Å². The molecule has 1 fully saturated rings. The molecule has 1 aliphatic heterocycles. The molecule has 2 heterocycles. The Labute approximate surface area is 72.8 Å². The molecule has 0 spiro atoms. The molecule has 3 heteroatoms. The van der Waals surface area contributed by atoms with E-state index in [1.54, 1.807) is 0 Å². The highest BCUT2D eigenvalue weighted by atomic mass is 15.2. The summed E-state index contributed by atoms with van der Waals surface area (Å²) in [5, 5.41) is 7.69. The fourth-order valence-electron chi connectivity index (χ4n) is 1.85. The summed E-state index contributed by atoms with van der Waals surface area (Å²) in [6, 6.07) is 0. The maximum absolute atomic E-state index is 4.18. The molecule has 0 aliphatic carbocycles. The summed E-state index contributed by atoms with van der Waals surface area (Å²) >= 11 is 0. The van der Waals surface area contributed by atoms with Gasteiger partial charge in [0.15, 0.2) is 0 Å². The molecule has 1 atom stereocenters. The van der Waals surface area contributed by atoms with Gasteiger partial charge in [0.05, 0.1) is 6.20 Å². The normalized spacial score (nSPS) is 29.5. The third-order valence-electron chi connectivity index (χ3n) is 2.71. The minimum Gasteiger partial charge on any atom is -0.308 e. The summed E-state index contributed by atoms with van der Waals surface area (Å²) in [7, 11) is 1.96. The predicted octanol–water partition coefficient (Wildman–Crippen LogP) is 1.02. The zero-order valence-electron chi connectivity index (χ0n) is 7.67. The van der Waals surface area contributed by atoms with Gasteiger partial charge in [0.25, 0.3) is 0 Å². The molecule has 1 saturated heterocycles. The molecule has 0 saturated carbocycles. The van der Waals surface area contributed by atoms with Gasteiger partial charge in [0.2, 0.25) is 0 Å². The molecule has 2 rings (SSSR count). The first-order valence-electron chi connectivity index (χ1n) is 4.45. The quantitative estimate of drug-likeness (QED) is 0.673. The Balaban J connectivity index is 2.28. The van der Waals surface area contributed by atoms with Crippen molar-refractivity contribution in [3.05, 3.63) is 18.0 Å². The van der Waals surface area contributed by atoms with E-state index in [0.29, 0.717) is 0 Å². The third kappa shape index (κ3) is 1.14. The molecule has 0 bridgehead atoms. The molecule has 0 aromatic carbocycles. The molecule has 1 aromatic heterocycles. The van der Waals surface area contributed by atoms with Gasteiger partial charge >= 0.3 is 0 Å². The van der Waals surface area contributed by atoms with E-state index in [0.717, 1.165) is 6.54 Å². The van der Waals surface area contributed by atoms with Crippen molar-refractivity contribution in [2.45, 2.75) is 25.3 Å². The van der Waals surface area contributed by atoms with Crippen LogP contribution in [0.5, 0.6) is 0 Å². The molecule has 1 aromatic rings. The molecule has 3 nitrogen and oxygen atoms in total. The van der Waals surface area contributed by atoms with Crippen LogP contribution in [0.4, 0.5) is 0 Å². The highest BCUT2D eigenvalue weighted by molar-refractivity contribution is 5.18. The minimum absolute atomic E-state index is 0.175. The van der Waals surface area contributed by atoms with Gasteiger partial charge in [-0.2, -0.15) is 5.10 Å². The standard InChI is InChI=1S/C9H15N3/c1-9(4-3-5-10-9)8-6-11-12(2)7-8/h6-7,10H,3-5H2,1-2H3. The third-order valence-corrected chi connectivity index (χ3v) is 2.71. The van der Waals surface area contributed by atoms with Crippen molar-refractivity contribution in [3.8, 4) is 0 Å². The maximum Gasteiger partial charge on any atom is 0.0540 e. The van der Waals surface area contributed by atoms with Crippen LogP contribution in [0.1, 0.15) is 25.3 Å². The Bertz CT molecular complexity index is 271. The Morgan fingerprint density at radius 2 is 2.50 bits per heavy atom. The molecular weight excluding hydrogens is 150 g/mol. The lowest BCUT2D eigenvalue weighted by Crippen LogP contribution is -2.32. The van der Waals surface area contributed by atoms with Crippen molar-refractivity contribution in [2.24, 2.45) is 7.05 Å². The van der Waals surface area contributed by atoms with Gasteiger partial charge in [-0.3, -0.25) is 4.68 Å². The second-order valence-corrected chi connectivity index (χ2v) is 3.77. The zero-order chi connectivity index (χ0) is 8.60. The van der Waals surface area contributed by atoms with Crippen LogP contribution in [0.25, 0.3) is 0 Å². The number of aryl methyl sites for hydroxylation is 1. The predicted molar refractivity (Wildman–Crippen MR) is 47.8 cm³/mol. The van der Waals surface area contributed by atoms with Crippen molar-refractivity contribution in [2.75, 3.05) is 6.54 Å². The summed E-state index contributed by atoms with van der Waals surface area (Å²) in [4.78, 5) is 0. The first kappa shape index (κ1) is 7.80. The lowest BCUT2D eigenvalue weighted by Gasteiger charge is -2.22. The second-order valence-electron chi connectivity index (χ2n) is 3.77. The lowest BCUT2D eigenvalue weighted by atomic mass is 9.94. The van der Waals surface area contributed by atoms with Crippen LogP contribution in [-0.2, 0) is 12.6 Å². The van der Waals surface area contributed by atoms with E-state index in [2.05, 4.69) is 23.5 Å². The summed E-state index contributed by atoms with van der Waals surface area (Å²) in [6.45, 7) is 3.38. The Morgan fingerprint density at radius 1 is 1.67 bits per heavy atom. The van der Waals surface area contributed by atoms with Crippen molar-refractivity contribution < 1.29 is 0 Å². The number of hydrogen-bond acceptors (Lipinski definition) is 2. The van der Waals surface area contributed by atoms with Crippen molar-refractivity contribution in [1.82, 2.24) is 15.1 Å². The second kappa shape index (κ2) is 2.59. The number of nitrogens with zero attached hydrogens (tertiary/aromatic N) is 2. The van der Waals surface area contributed by atoms with E-state index < -0.39 is 0 Å². The first-order chi connectivity index (χ1) is 5.71. The smallest absolute Gasteiger partial charge is 0.0540 e. The molecule has 66 valence electrons. The van der Waals surface area contributed by atoms with Gasteiger partial charge in [0.1, 0.15) is 0 Å². The molecule has 1 N–H and O–H groups in total. The monoisotopic (exact) mass is 165 g/mol. The van der Waals surface area contributed by atoms with Gasteiger partial charge in [-0.1, -0.05) is 0 Å². The number of aromatic nitrogens is 2. The number of nitrogens with one attached hydrogen (secondary N) is 1. The van der Waals surface area contributed by atoms with Gasteiger partial charge in [-0.05, 0) is 26.3 Å². The van der Waals surface area contributed by atoms with Crippen LogP contribution in [0.15, 0.2) is 12.4 Å². The molecule has 1 aliphatic rings. The van der Waals surface area contributed by atoms with Gasteiger partial charge in [0, 0.05) is 24.3 Å². The minimum atomic E-state index is 0.175. The first-order valence-corrected chi connectivity index (χ1v) is 4.45. The molecule has 1 unspecified atom stereocenters. The SMILES string of the molecule is Cn1cc(C2(C)CCCN2)cn1. The Morgan fingerprint density at radius 3 is 3.00 bits per heavy atom. The maximum atomic E-state index is 4.18. The summed E-state index contributed by atoms with van der Waals surface area (Å²) in [6.07, 6.45) is 6.54. The van der Waals surface area contributed by atoms with E-state index in [1.807, 2.05) is 17.9 Å². The molecule has 0 amide bonds. The average Bonchev–Trinajstić information content (AvgIpc) is 2.59. The highest BCUT2D eigenvalue weighted by Crippen LogP contribution is 2.29. The van der Waals surface area contributed by atoms with Crippen LogP contribution in [0.2, 0.25) is 0 Å². The number of rotatable bonds is 1. The van der Waals surface area contributed by atoms with Crippen molar-refractivity contribution >= 4 is 0 Å². The Kier molecular flexibility index (Phi) is 1.68. The molecular formula is C9H15N3. The van der Waals surface area contributed by atoms with E-state index >= 15 is 0 Å². The van der Waals surface area contributed by atoms with Gasteiger partial charge in [-0.15, -0.1) is 0 Å². The van der Waals surface area contributed by atoms with E-state index in [-0.39, 0.29) is 5.54 Å². The summed E-state index contributed by atoms with van der Waals surface area (Å²) in [5.41, 5.74) is 1.48. The Hall–Kier alpha value is -0.830. The zero-order valence-corrected chi connectivity index (χ0v) is 7.67.